The van der Waals surface area contributed by atoms with E-state index < -0.39 is 34.3 Å². The molecule has 3 aromatic rings. The van der Waals surface area contributed by atoms with Gasteiger partial charge in [-0.25, -0.2) is 12.8 Å². The van der Waals surface area contributed by atoms with Gasteiger partial charge in [0.1, 0.15) is 18.4 Å². The van der Waals surface area contributed by atoms with E-state index in [0.29, 0.717) is 17.8 Å². The molecular weight excluding hydrogens is 505 g/mol. The zero-order chi connectivity index (χ0) is 28.0. The molecule has 1 atom stereocenters. The SMILES string of the molecule is CCNC(=O)[C@@H](C)N(Cc1ccc(F)cc1)C(=O)CN(c1cccc(C)c1C)S(=O)(=O)c1ccc(C)cc1. The number of benzene rings is 3. The molecule has 7 nitrogen and oxygen atoms in total. The van der Waals surface area contributed by atoms with Crippen LogP contribution in [0.2, 0.25) is 0 Å². The van der Waals surface area contributed by atoms with Crippen LogP contribution in [-0.4, -0.2) is 44.3 Å². The highest BCUT2D eigenvalue weighted by atomic mass is 32.2. The van der Waals surface area contributed by atoms with Gasteiger partial charge in [-0.05, 0) is 81.6 Å². The average molecular weight is 540 g/mol. The Morgan fingerprint density at radius 3 is 2.18 bits per heavy atom. The number of likely N-dealkylation sites (N-methyl/N-ethyl adjacent to an activating group) is 1. The maximum atomic E-state index is 13.9. The zero-order valence-electron chi connectivity index (χ0n) is 22.4. The predicted octanol–water partition coefficient (Wildman–Crippen LogP) is 4.50. The molecule has 0 saturated carbocycles. The molecular formula is C29H34FN3O4S. The van der Waals surface area contributed by atoms with E-state index in [9.17, 15) is 22.4 Å². The average Bonchev–Trinajstić information content (AvgIpc) is 2.88. The first-order valence-electron chi connectivity index (χ1n) is 12.4. The number of sulfonamides is 1. The molecule has 0 aromatic heterocycles. The standard InChI is InChI=1S/C29H34FN3O4S/c1-6-31-29(35)23(5)32(18-24-12-14-25(30)15-13-24)28(34)19-33(27-9-7-8-21(3)22(27)4)38(36,37)26-16-10-20(2)11-17-26/h7-17,23H,6,18-19H2,1-5H3,(H,31,35)/t23-/m1/s1. The third-order valence-electron chi connectivity index (χ3n) is 6.52. The van der Waals surface area contributed by atoms with Gasteiger partial charge in [-0.2, -0.15) is 0 Å². The number of rotatable bonds is 10. The highest BCUT2D eigenvalue weighted by Gasteiger charge is 2.33. The number of carbonyl (C=O) groups excluding carboxylic acids is 2. The van der Waals surface area contributed by atoms with Crippen LogP contribution in [-0.2, 0) is 26.2 Å². The fourth-order valence-electron chi connectivity index (χ4n) is 4.05. The lowest BCUT2D eigenvalue weighted by molar-refractivity contribution is -0.139. The molecule has 0 heterocycles. The molecule has 0 saturated heterocycles. The predicted molar refractivity (Wildman–Crippen MR) is 147 cm³/mol. The lowest BCUT2D eigenvalue weighted by atomic mass is 10.1. The number of aryl methyl sites for hydroxylation is 2. The van der Waals surface area contributed by atoms with Gasteiger partial charge in [0, 0.05) is 13.1 Å². The van der Waals surface area contributed by atoms with Crippen LogP contribution in [0.15, 0.2) is 71.6 Å². The van der Waals surface area contributed by atoms with Gasteiger partial charge >= 0.3 is 0 Å². The van der Waals surface area contributed by atoms with Crippen LogP contribution in [0.1, 0.15) is 36.1 Å². The second-order valence-corrected chi connectivity index (χ2v) is 11.1. The van der Waals surface area contributed by atoms with Crippen LogP contribution >= 0.6 is 0 Å². The monoisotopic (exact) mass is 539 g/mol. The van der Waals surface area contributed by atoms with Crippen molar-refractivity contribution in [2.75, 3.05) is 17.4 Å². The molecule has 9 heteroatoms. The molecule has 2 amide bonds. The second-order valence-electron chi connectivity index (χ2n) is 9.26. The zero-order valence-corrected chi connectivity index (χ0v) is 23.2. The van der Waals surface area contributed by atoms with E-state index >= 15 is 0 Å². The minimum atomic E-state index is -4.14. The maximum Gasteiger partial charge on any atom is 0.264 e. The molecule has 3 aromatic carbocycles. The van der Waals surface area contributed by atoms with Crippen molar-refractivity contribution in [1.82, 2.24) is 10.2 Å². The molecule has 0 aliphatic rings. The highest BCUT2D eigenvalue weighted by molar-refractivity contribution is 7.92. The van der Waals surface area contributed by atoms with Gasteiger partial charge in [0.15, 0.2) is 0 Å². The van der Waals surface area contributed by atoms with Gasteiger partial charge in [-0.15, -0.1) is 0 Å². The highest BCUT2D eigenvalue weighted by Crippen LogP contribution is 2.29. The van der Waals surface area contributed by atoms with Crippen molar-refractivity contribution in [3.05, 3.63) is 94.8 Å². The van der Waals surface area contributed by atoms with Gasteiger partial charge in [0.25, 0.3) is 10.0 Å². The Labute approximate surface area is 224 Å². The van der Waals surface area contributed by atoms with Gasteiger partial charge in [0.05, 0.1) is 10.6 Å². The third-order valence-corrected chi connectivity index (χ3v) is 8.29. The number of nitrogens with one attached hydrogen (secondary N) is 1. The summed E-state index contributed by atoms with van der Waals surface area (Å²) in [5, 5.41) is 2.71. The molecule has 0 fully saturated rings. The van der Waals surface area contributed by atoms with E-state index in [1.807, 2.05) is 19.9 Å². The topological polar surface area (TPSA) is 86.8 Å². The van der Waals surface area contributed by atoms with E-state index in [-0.39, 0.29) is 17.3 Å². The molecule has 0 spiro atoms. The lowest BCUT2D eigenvalue weighted by Gasteiger charge is -2.32. The number of halogens is 1. The summed E-state index contributed by atoms with van der Waals surface area (Å²) >= 11 is 0. The quantitative estimate of drug-likeness (QED) is 0.411. The lowest BCUT2D eigenvalue weighted by Crippen LogP contribution is -2.51. The third kappa shape index (κ3) is 6.58. The van der Waals surface area contributed by atoms with Gasteiger partial charge < -0.3 is 10.2 Å². The summed E-state index contributed by atoms with van der Waals surface area (Å²) in [6.45, 7) is 8.75. The molecule has 0 bridgehead atoms. The van der Waals surface area contributed by atoms with Crippen LogP contribution in [0.3, 0.4) is 0 Å². The van der Waals surface area contributed by atoms with Crippen molar-refractivity contribution in [1.29, 1.82) is 0 Å². The van der Waals surface area contributed by atoms with Crippen molar-refractivity contribution in [3.63, 3.8) is 0 Å². The summed E-state index contributed by atoms with van der Waals surface area (Å²) in [4.78, 5) is 28.0. The van der Waals surface area contributed by atoms with E-state index in [2.05, 4.69) is 5.32 Å². The second kappa shape index (κ2) is 12.2. The van der Waals surface area contributed by atoms with Crippen LogP contribution in [0.5, 0.6) is 0 Å². The fraction of sp³-hybridized carbons (Fsp3) is 0.310. The Bertz CT molecular complexity index is 1390. The Kier molecular flexibility index (Phi) is 9.27. The van der Waals surface area contributed by atoms with E-state index in [0.717, 1.165) is 21.0 Å². The number of hydrogen-bond acceptors (Lipinski definition) is 4. The van der Waals surface area contributed by atoms with Gasteiger partial charge in [0.2, 0.25) is 11.8 Å². The molecule has 0 radical (unpaired) electrons. The Morgan fingerprint density at radius 2 is 1.58 bits per heavy atom. The molecule has 0 aliphatic carbocycles. The number of nitrogens with zero attached hydrogens (tertiary/aromatic N) is 2. The first kappa shape index (κ1) is 28.8. The summed E-state index contributed by atoms with van der Waals surface area (Å²) in [5.41, 5.74) is 3.48. The number of amides is 2. The molecule has 0 aliphatic heterocycles. The summed E-state index contributed by atoms with van der Waals surface area (Å²) in [6, 6.07) is 16.4. The van der Waals surface area contributed by atoms with Crippen LogP contribution in [0.4, 0.5) is 10.1 Å². The van der Waals surface area contributed by atoms with Crippen LogP contribution < -0.4 is 9.62 Å². The first-order valence-corrected chi connectivity index (χ1v) is 13.9. The normalized spacial score (nSPS) is 12.1. The smallest absolute Gasteiger partial charge is 0.264 e. The molecule has 38 heavy (non-hydrogen) atoms. The van der Waals surface area contributed by atoms with E-state index in [1.165, 1.54) is 41.3 Å². The molecule has 0 unspecified atom stereocenters. The Hall–Kier alpha value is -3.72. The summed E-state index contributed by atoms with van der Waals surface area (Å²) < 4.78 is 42.4. The van der Waals surface area contributed by atoms with E-state index in [1.54, 1.807) is 45.0 Å². The molecule has 3 rings (SSSR count). The number of hydrogen-bond donors (Lipinski definition) is 1. The van der Waals surface area contributed by atoms with Crippen LogP contribution in [0, 0.1) is 26.6 Å². The van der Waals surface area contributed by atoms with Gasteiger partial charge in [-0.3, -0.25) is 13.9 Å². The molecule has 202 valence electrons. The summed E-state index contributed by atoms with van der Waals surface area (Å²) in [7, 11) is -4.14. The Balaban J connectivity index is 2.07. The van der Waals surface area contributed by atoms with Crippen molar-refractivity contribution >= 4 is 27.5 Å². The van der Waals surface area contributed by atoms with Crippen molar-refractivity contribution < 1.29 is 22.4 Å². The maximum absolute atomic E-state index is 13.9. The fourth-order valence-corrected chi connectivity index (χ4v) is 5.52. The summed E-state index contributed by atoms with van der Waals surface area (Å²) in [6.07, 6.45) is 0. The largest absolute Gasteiger partial charge is 0.355 e. The van der Waals surface area contributed by atoms with Crippen molar-refractivity contribution in [3.8, 4) is 0 Å². The van der Waals surface area contributed by atoms with Crippen molar-refractivity contribution in [2.24, 2.45) is 0 Å². The first-order chi connectivity index (χ1) is 17.9. The number of anilines is 1. The minimum Gasteiger partial charge on any atom is -0.355 e. The summed E-state index contributed by atoms with van der Waals surface area (Å²) in [5.74, 6) is -1.36. The van der Waals surface area contributed by atoms with E-state index in [4.69, 9.17) is 0 Å². The van der Waals surface area contributed by atoms with Gasteiger partial charge in [-0.1, -0.05) is 42.0 Å². The minimum absolute atomic E-state index is 0.00261. The number of carbonyl (C=O) groups is 2. The van der Waals surface area contributed by atoms with Crippen molar-refractivity contribution in [2.45, 2.75) is 52.1 Å². The molecule has 1 N–H and O–H groups in total. The Morgan fingerprint density at radius 1 is 0.947 bits per heavy atom. The van der Waals surface area contributed by atoms with Crippen LogP contribution in [0.25, 0.3) is 0 Å².